The van der Waals surface area contributed by atoms with E-state index in [0.29, 0.717) is 28.5 Å². The number of nitrogens with one attached hydrogen (secondary N) is 3. The van der Waals surface area contributed by atoms with Crippen molar-refractivity contribution in [2.75, 3.05) is 31.5 Å². The molecular formula is C27H28N4O6. The number of aryl methyl sites for hydroxylation is 2. The largest absolute Gasteiger partial charge is 0.497 e. The van der Waals surface area contributed by atoms with Crippen LogP contribution in [0.1, 0.15) is 16.7 Å². The first kappa shape index (κ1) is 26.7. The Morgan fingerprint density at radius 3 is 2.27 bits per heavy atom. The van der Waals surface area contributed by atoms with E-state index in [9.17, 15) is 14.4 Å². The molecule has 37 heavy (non-hydrogen) atoms. The molecule has 0 aliphatic rings. The Morgan fingerprint density at radius 2 is 1.59 bits per heavy atom. The molecule has 0 fully saturated rings. The molecule has 0 aliphatic heterocycles. The quantitative estimate of drug-likeness (QED) is 0.233. The van der Waals surface area contributed by atoms with Crippen LogP contribution in [0.15, 0.2) is 65.8 Å². The standard InChI is InChI=1S/C27H28N4O6/c1-17-5-11-22(18(2)13-17)30-25(32)16-37-23-12-6-19(14-24(23)36-4)15-28-31-27(34)26(33)29-20-7-9-21(35-3)10-8-20/h5-15H,16H2,1-4H3,(H,29,33)(H,30,32)(H,31,34)/b28-15-. The Labute approximate surface area is 214 Å². The molecule has 3 aromatic carbocycles. The lowest BCUT2D eigenvalue weighted by atomic mass is 10.1. The summed E-state index contributed by atoms with van der Waals surface area (Å²) >= 11 is 0. The topological polar surface area (TPSA) is 127 Å². The van der Waals surface area contributed by atoms with Crippen molar-refractivity contribution in [3.8, 4) is 17.2 Å². The van der Waals surface area contributed by atoms with Crippen LogP contribution in [-0.2, 0) is 14.4 Å². The van der Waals surface area contributed by atoms with Gasteiger partial charge in [-0.25, -0.2) is 5.43 Å². The molecule has 0 saturated heterocycles. The minimum Gasteiger partial charge on any atom is -0.497 e. The number of methoxy groups -OCH3 is 2. The molecular weight excluding hydrogens is 476 g/mol. The molecule has 0 aromatic heterocycles. The average molecular weight is 505 g/mol. The average Bonchev–Trinajstić information content (AvgIpc) is 2.89. The first-order chi connectivity index (χ1) is 17.8. The maximum absolute atomic E-state index is 12.3. The molecule has 3 amide bonds. The van der Waals surface area contributed by atoms with Gasteiger partial charge in [-0.3, -0.25) is 14.4 Å². The summed E-state index contributed by atoms with van der Waals surface area (Å²) in [6.07, 6.45) is 1.34. The second kappa shape index (κ2) is 12.7. The number of benzene rings is 3. The number of nitrogens with zero attached hydrogens (tertiary/aromatic N) is 1. The SMILES string of the molecule is COc1ccc(NC(=O)C(=O)N/N=C\c2ccc(OCC(=O)Nc3ccc(C)cc3C)c(OC)c2)cc1. The number of hydrogen-bond donors (Lipinski definition) is 3. The van der Waals surface area contributed by atoms with Gasteiger partial charge in [0.1, 0.15) is 5.75 Å². The van der Waals surface area contributed by atoms with Crippen LogP contribution >= 0.6 is 0 Å². The van der Waals surface area contributed by atoms with Crippen molar-refractivity contribution in [3.05, 3.63) is 77.4 Å². The Bertz CT molecular complexity index is 1300. The smallest absolute Gasteiger partial charge is 0.329 e. The number of hydrazone groups is 1. The van der Waals surface area contributed by atoms with Gasteiger partial charge in [0.25, 0.3) is 5.91 Å². The van der Waals surface area contributed by atoms with Gasteiger partial charge in [-0.2, -0.15) is 5.10 Å². The summed E-state index contributed by atoms with van der Waals surface area (Å²) in [5.41, 5.74) is 5.96. The van der Waals surface area contributed by atoms with Crippen LogP contribution in [0.5, 0.6) is 17.2 Å². The highest BCUT2D eigenvalue weighted by atomic mass is 16.5. The number of ether oxygens (including phenoxy) is 3. The van der Waals surface area contributed by atoms with Crippen LogP contribution in [0.2, 0.25) is 0 Å². The van der Waals surface area contributed by atoms with Crippen molar-refractivity contribution < 1.29 is 28.6 Å². The lowest BCUT2D eigenvalue weighted by Crippen LogP contribution is -2.32. The fraction of sp³-hybridized carbons (Fsp3) is 0.185. The summed E-state index contributed by atoms with van der Waals surface area (Å²) < 4.78 is 16.0. The number of rotatable bonds is 9. The van der Waals surface area contributed by atoms with Crippen molar-refractivity contribution >= 4 is 35.3 Å². The van der Waals surface area contributed by atoms with Crippen LogP contribution in [0.25, 0.3) is 0 Å². The zero-order valence-electron chi connectivity index (χ0n) is 21.0. The second-order valence-electron chi connectivity index (χ2n) is 7.95. The van der Waals surface area contributed by atoms with Gasteiger partial charge in [-0.1, -0.05) is 17.7 Å². The molecule has 0 atom stereocenters. The summed E-state index contributed by atoms with van der Waals surface area (Å²) in [5.74, 6) is -0.767. The lowest BCUT2D eigenvalue weighted by molar-refractivity contribution is -0.136. The molecule has 0 aliphatic carbocycles. The molecule has 0 unspecified atom stereocenters. The van der Waals surface area contributed by atoms with Crippen LogP contribution in [0, 0.1) is 13.8 Å². The third-order valence-corrected chi connectivity index (χ3v) is 5.14. The summed E-state index contributed by atoms with van der Waals surface area (Å²) in [6, 6.07) is 17.2. The van der Waals surface area contributed by atoms with E-state index in [0.717, 1.165) is 16.8 Å². The van der Waals surface area contributed by atoms with E-state index >= 15 is 0 Å². The predicted molar refractivity (Wildman–Crippen MR) is 140 cm³/mol. The second-order valence-corrected chi connectivity index (χ2v) is 7.95. The predicted octanol–water partition coefficient (Wildman–Crippen LogP) is 3.43. The number of carbonyl (C=O) groups is 3. The molecule has 10 heteroatoms. The zero-order valence-corrected chi connectivity index (χ0v) is 21.0. The molecule has 192 valence electrons. The van der Waals surface area contributed by atoms with E-state index in [1.165, 1.54) is 20.4 Å². The summed E-state index contributed by atoms with van der Waals surface area (Å²) in [4.78, 5) is 36.4. The van der Waals surface area contributed by atoms with E-state index in [2.05, 4.69) is 21.2 Å². The summed E-state index contributed by atoms with van der Waals surface area (Å²) in [5, 5.41) is 9.09. The van der Waals surface area contributed by atoms with Crippen LogP contribution < -0.4 is 30.3 Å². The molecule has 10 nitrogen and oxygen atoms in total. The van der Waals surface area contributed by atoms with Gasteiger partial charge < -0.3 is 24.8 Å². The highest BCUT2D eigenvalue weighted by molar-refractivity contribution is 6.39. The molecule has 0 radical (unpaired) electrons. The first-order valence-electron chi connectivity index (χ1n) is 11.3. The van der Waals surface area contributed by atoms with Gasteiger partial charge >= 0.3 is 11.8 Å². The maximum Gasteiger partial charge on any atom is 0.329 e. The van der Waals surface area contributed by atoms with E-state index in [1.54, 1.807) is 42.5 Å². The van der Waals surface area contributed by atoms with Crippen molar-refractivity contribution in [2.24, 2.45) is 5.10 Å². The molecule has 3 aromatic rings. The number of amides is 3. The number of hydrogen-bond acceptors (Lipinski definition) is 7. The fourth-order valence-electron chi connectivity index (χ4n) is 3.25. The van der Waals surface area contributed by atoms with Crippen molar-refractivity contribution in [3.63, 3.8) is 0 Å². The van der Waals surface area contributed by atoms with Gasteiger partial charge in [0, 0.05) is 11.4 Å². The van der Waals surface area contributed by atoms with E-state index in [-0.39, 0.29) is 12.5 Å². The highest BCUT2D eigenvalue weighted by Gasteiger charge is 2.13. The van der Waals surface area contributed by atoms with E-state index in [1.807, 2.05) is 32.0 Å². The van der Waals surface area contributed by atoms with Gasteiger partial charge in [0.2, 0.25) is 0 Å². The minimum absolute atomic E-state index is 0.212. The Balaban J connectivity index is 1.52. The van der Waals surface area contributed by atoms with Gasteiger partial charge in [-0.15, -0.1) is 0 Å². The normalized spacial score (nSPS) is 10.5. The van der Waals surface area contributed by atoms with Crippen LogP contribution in [0.4, 0.5) is 11.4 Å². The van der Waals surface area contributed by atoms with Gasteiger partial charge in [0.15, 0.2) is 18.1 Å². The van der Waals surface area contributed by atoms with Crippen molar-refractivity contribution in [1.82, 2.24) is 5.43 Å². The fourth-order valence-corrected chi connectivity index (χ4v) is 3.25. The number of anilines is 2. The minimum atomic E-state index is -0.936. The van der Waals surface area contributed by atoms with E-state index < -0.39 is 11.8 Å². The van der Waals surface area contributed by atoms with Crippen LogP contribution in [-0.4, -0.2) is 44.8 Å². The summed E-state index contributed by atoms with van der Waals surface area (Å²) in [6.45, 7) is 3.69. The van der Waals surface area contributed by atoms with Crippen molar-refractivity contribution in [1.29, 1.82) is 0 Å². The first-order valence-corrected chi connectivity index (χ1v) is 11.3. The molecule has 0 bridgehead atoms. The van der Waals surface area contributed by atoms with Gasteiger partial charge in [0.05, 0.1) is 20.4 Å². The third kappa shape index (κ3) is 7.82. The Kier molecular flexibility index (Phi) is 9.20. The third-order valence-electron chi connectivity index (χ3n) is 5.14. The lowest BCUT2D eigenvalue weighted by Gasteiger charge is -2.12. The highest BCUT2D eigenvalue weighted by Crippen LogP contribution is 2.27. The molecule has 3 rings (SSSR count). The van der Waals surface area contributed by atoms with Crippen LogP contribution in [0.3, 0.4) is 0 Å². The molecule has 3 N–H and O–H groups in total. The Hall–Kier alpha value is -4.86. The molecule has 0 spiro atoms. The van der Waals surface area contributed by atoms with E-state index in [4.69, 9.17) is 14.2 Å². The monoisotopic (exact) mass is 504 g/mol. The molecule has 0 heterocycles. The molecule has 0 saturated carbocycles. The zero-order chi connectivity index (χ0) is 26.8. The Morgan fingerprint density at radius 1 is 0.838 bits per heavy atom. The summed E-state index contributed by atoms with van der Waals surface area (Å²) in [7, 11) is 2.99. The van der Waals surface area contributed by atoms with Crippen molar-refractivity contribution in [2.45, 2.75) is 13.8 Å². The maximum atomic E-state index is 12.3. The van der Waals surface area contributed by atoms with Gasteiger partial charge in [-0.05, 0) is 73.5 Å². The number of carbonyl (C=O) groups excluding carboxylic acids is 3.